The number of hydrogen-bond donors (Lipinski definition) is 2. The van der Waals surface area contributed by atoms with Crippen molar-refractivity contribution in [1.29, 1.82) is 0 Å². The Balaban J connectivity index is 4.10. The van der Waals surface area contributed by atoms with Crippen molar-refractivity contribution in [1.82, 2.24) is 0 Å². The number of phosphoric ester groups is 1. The largest absolute Gasteiger partial charge is 0.472 e. The Morgan fingerprint density at radius 2 is 0.733 bits per heavy atom. The van der Waals surface area contributed by atoms with E-state index in [9.17, 15) is 19.0 Å². The molecule has 9 nitrogen and oxygen atoms in total. The first-order valence-corrected chi connectivity index (χ1v) is 30.8. The Hall–Kier alpha value is -4.11. The Morgan fingerprint density at radius 3 is 1.09 bits per heavy atom. The van der Waals surface area contributed by atoms with Gasteiger partial charge in [0.2, 0.25) is 0 Å². The maximum Gasteiger partial charge on any atom is 0.472 e. The number of allylic oxidation sites excluding steroid dienone is 24. The molecule has 0 radical (unpaired) electrons. The minimum absolute atomic E-state index is 0.0404. The van der Waals surface area contributed by atoms with Crippen LogP contribution in [0.4, 0.5) is 0 Å². The normalized spacial score (nSPS) is 14.1. The van der Waals surface area contributed by atoms with Crippen molar-refractivity contribution in [3.8, 4) is 0 Å². The first kappa shape index (κ1) is 70.9. The van der Waals surface area contributed by atoms with Crippen molar-refractivity contribution >= 4 is 19.8 Å². The second-order valence-corrected chi connectivity index (χ2v) is 20.2. The van der Waals surface area contributed by atoms with Crippen LogP contribution in [0.2, 0.25) is 0 Å². The van der Waals surface area contributed by atoms with Crippen LogP contribution in [0.5, 0.6) is 0 Å². The Labute approximate surface area is 458 Å². The summed E-state index contributed by atoms with van der Waals surface area (Å²) in [5, 5.41) is 0. The summed E-state index contributed by atoms with van der Waals surface area (Å²) < 4.78 is 33.0. The molecule has 0 aliphatic heterocycles. The zero-order valence-electron chi connectivity index (χ0n) is 47.2. The third-order valence-corrected chi connectivity index (χ3v) is 12.7. The molecule has 0 aliphatic carbocycles. The van der Waals surface area contributed by atoms with Gasteiger partial charge in [0.15, 0.2) is 6.10 Å². The Bertz CT molecular complexity index is 1730. The lowest BCUT2D eigenvalue weighted by Crippen LogP contribution is -2.29. The van der Waals surface area contributed by atoms with Gasteiger partial charge in [0.25, 0.3) is 0 Å². The van der Waals surface area contributed by atoms with E-state index in [0.29, 0.717) is 6.42 Å². The molecule has 0 aliphatic rings. The van der Waals surface area contributed by atoms with Gasteiger partial charge in [-0.2, -0.15) is 0 Å². The number of ether oxygens (including phenoxy) is 2. The van der Waals surface area contributed by atoms with Crippen LogP contribution in [0.3, 0.4) is 0 Å². The smallest absolute Gasteiger partial charge is 0.462 e. The fourth-order valence-electron chi connectivity index (χ4n) is 7.40. The molecule has 0 rings (SSSR count). The van der Waals surface area contributed by atoms with E-state index < -0.39 is 32.5 Å². The number of unbranched alkanes of at least 4 members (excludes halogenated alkanes) is 16. The highest BCUT2D eigenvalue weighted by atomic mass is 31.2. The van der Waals surface area contributed by atoms with Crippen molar-refractivity contribution in [2.45, 2.75) is 225 Å². The lowest BCUT2D eigenvalue weighted by molar-refractivity contribution is -0.161. The minimum atomic E-state index is -4.41. The molecular weight excluding hydrogens is 954 g/mol. The summed E-state index contributed by atoms with van der Waals surface area (Å²) >= 11 is 0. The molecular formula is C65H106NO8P. The molecule has 0 fully saturated rings. The molecule has 0 amide bonds. The van der Waals surface area contributed by atoms with Crippen molar-refractivity contribution in [2.24, 2.45) is 5.73 Å². The number of hydrogen-bond acceptors (Lipinski definition) is 8. The molecule has 3 N–H and O–H groups in total. The second-order valence-electron chi connectivity index (χ2n) is 18.8. The van der Waals surface area contributed by atoms with Crippen molar-refractivity contribution < 1.29 is 37.6 Å². The van der Waals surface area contributed by atoms with Gasteiger partial charge in [0, 0.05) is 19.4 Å². The number of carbonyl (C=O) groups excluding carboxylic acids is 2. The number of esters is 2. The van der Waals surface area contributed by atoms with Crippen LogP contribution in [0.1, 0.15) is 219 Å². The van der Waals surface area contributed by atoms with Crippen LogP contribution in [0.15, 0.2) is 146 Å². The van der Waals surface area contributed by atoms with Crippen molar-refractivity contribution in [3.05, 3.63) is 146 Å². The number of rotatable bonds is 53. The van der Waals surface area contributed by atoms with Gasteiger partial charge >= 0.3 is 19.8 Å². The summed E-state index contributed by atoms with van der Waals surface area (Å²) in [6.07, 6.45) is 84.7. The highest BCUT2D eigenvalue weighted by Gasteiger charge is 2.26. The maximum absolute atomic E-state index is 12.7. The van der Waals surface area contributed by atoms with Gasteiger partial charge in [0.05, 0.1) is 13.2 Å². The summed E-state index contributed by atoms with van der Waals surface area (Å²) in [5.41, 5.74) is 5.38. The quantitative estimate of drug-likeness (QED) is 0.0264. The predicted molar refractivity (Wildman–Crippen MR) is 320 cm³/mol. The van der Waals surface area contributed by atoms with Crippen LogP contribution in [0.25, 0.3) is 0 Å². The average Bonchev–Trinajstić information content (AvgIpc) is 3.40. The third-order valence-electron chi connectivity index (χ3n) is 11.7. The minimum Gasteiger partial charge on any atom is -0.462 e. The molecule has 2 unspecified atom stereocenters. The zero-order valence-corrected chi connectivity index (χ0v) is 48.1. The van der Waals surface area contributed by atoms with Gasteiger partial charge in [0.1, 0.15) is 6.61 Å². The first-order chi connectivity index (χ1) is 36.8. The third kappa shape index (κ3) is 59.0. The van der Waals surface area contributed by atoms with Crippen LogP contribution < -0.4 is 5.73 Å². The van der Waals surface area contributed by atoms with Crippen molar-refractivity contribution in [3.63, 3.8) is 0 Å². The molecule has 2 atom stereocenters. The highest BCUT2D eigenvalue weighted by molar-refractivity contribution is 7.47. The van der Waals surface area contributed by atoms with E-state index in [1.807, 2.05) is 0 Å². The van der Waals surface area contributed by atoms with Gasteiger partial charge in [-0.05, 0) is 122 Å². The Morgan fingerprint density at radius 1 is 0.413 bits per heavy atom. The first-order valence-electron chi connectivity index (χ1n) is 29.3. The van der Waals surface area contributed by atoms with E-state index in [4.69, 9.17) is 24.3 Å². The summed E-state index contributed by atoms with van der Waals surface area (Å²) in [7, 11) is -4.41. The molecule has 0 saturated carbocycles. The van der Waals surface area contributed by atoms with Crippen LogP contribution in [-0.2, 0) is 32.7 Å². The Kier molecular flexibility index (Phi) is 55.9. The van der Waals surface area contributed by atoms with E-state index in [1.165, 1.54) is 57.8 Å². The number of nitrogens with two attached hydrogens (primary N) is 1. The van der Waals surface area contributed by atoms with E-state index in [1.54, 1.807) is 0 Å². The standard InChI is InChI=1S/C65H106NO8P/c1-3-5-7-9-11-13-15-17-19-21-23-24-25-26-27-28-29-30-31-32-33-34-35-36-37-38-40-42-44-46-48-50-52-54-56-58-65(68)74-63(62-73-75(69,70)72-60-59-66)61-71-64(67)57-55-53-51-49-47-45-43-41-39-22-20-18-16-14-12-10-8-6-4-2/h5,7,11-14,17-20,23-24,26-27,29-30,32-33,35-36,38,40,44,46,63H,3-4,6,8-10,15-16,21-22,25,28,31,34,37,39,41-43,45,47-62,66H2,1-2H3,(H,69,70)/b7-5-,13-11-,14-12-,19-17-,20-18-,24-23-,27-26-,30-29-,33-32-,36-35-,40-38-,46-44-. The summed E-state index contributed by atoms with van der Waals surface area (Å²) in [6, 6.07) is 0. The highest BCUT2D eigenvalue weighted by Crippen LogP contribution is 2.43. The van der Waals surface area contributed by atoms with E-state index >= 15 is 0 Å². The molecule has 0 heterocycles. The van der Waals surface area contributed by atoms with E-state index in [0.717, 1.165) is 128 Å². The average molecular weight is 1060 g/mol. The topological polar surface area (TPSA) is 134 Å². The molecule has 0 saturated heterocycles. The molecule has 0 spiro atoms. The van der Waals surface area contributed by atoms with Gasteiger partial charge in [-0.15, -0.1) is 0 Å². The SMILES string of the molecule is CC/C=C\C/C=C\C/C=C\C/C=C\C/C=C\C/C=C\C/C=C\C/C=C\C/C=C\C/C=C\CCCCCCC(=O)OC(COC(=O)CCCCCCCCCCC/C=C\C/C=C\CCCCC)COP(=O)(O)OCCN. The molecule has 0 aromatic carbocycles. The zero-order chi connectivity index (χ0) is 54.5. The molecule has 0 aromatic heterocycles. The van der Waals surface area contributed by atoms with E-state index in [2.05, 4.69) is 160 Å². The van der Waals surface area contributed by atoms with E-state index in [-0.39, 0.29) is 32.6 Å². The molecule has 0 aromatic rings. The van der Waals surface area contributed by atoms with Crippen LogP contribution in [-0.4, -0.2) is 49.3 Å². The second kappa shape index (κ2) is 59.1. The van der Waals surface area contributed by atoms with Gasteiger partial charge in [-0.3, -0.25) is 18.6 Å². The molecule has 10 heteroatoms. The van der Waals surface area contributed by atoms with Crippen LogP contribution in [0, 0.1) is 0 Å². The van der Waals surface area contributed by atoms with Gasteiger partial charge in [-0.25, -0.2) is 4.57 Å². The summed E-state index contributed by atoms with van der Waals surface area (Å²) in [5.74, 6) is -0.872. The molecule has 424 valence electrons. The van der Waals surface area contributed by atoms with Crippen molar-refractivity contribution in [2.75, 3.05) is 26.4 Å². The fourth-order valence-corrected chi connectivity index (χ4v) is 8.16. The fraction of sp³-hybridized carbons (Fsp3) is 0.600. The molecule has 0 bridgehead atoms. The summed E-state index contributed by atoms with van der Waals surface area (Å²) in [4.78, 5) is 35.2. The maximum atomic E-state index is 12.7. The number of phosphoric acid groups is 1. The molecule has 75 heavy (non-hydrogen) atoms. The summed E-state index contributed by atoms with van der Waals surface area (Å²) in [6.45, 7) is 3.55. The van der Waals surface area contributed by atoms with Crippen LogP contribution >= 0.6 is 7.82 Å². The lowest BCUT2D eigenvalue weighted by atomic mass is 10.1. The van der Waals surface area contributed by atoms with Gasteiger partial charge < -0.3 is 20.1 Å². The van der Waals surface area contributed by atoms with Gasteiger partial charge in [-0.1, -0.05) is 230 Å². The number of carbonyl (C=O) groups is 2. The predicted octanol–water partition coefficient (Wildman–Crippen LogP) is 18.7. The monoisotopic (exact) mass is 1060 g/mol. The lowest BCUT2D eigenvalue weighted by Gasteiger charge is -2.19.